The van der Waals surface area contributed by atoms with Gasteiger partial charge in [-0.25, -0.2) is 0 Å². The quantitative estimate of drug-likeness (QED) is 0.928. The lowest BCUT2D eigenvalue weighted by molar-refractivity contribution is -0.00496. The van der Waals surface area contributed by atoms with Crippen molar-refractivity contribution in [1.82, 2.24) is 4.98 Å². The number of nitrogens with two attached hydrogens (primary N) is 1. The Morgan fingerprint density at radius 3 is 2.90 bits per heavy atom. The van der Waals surface area contributed by atoms with Crippen molar-refractivity contribution in [3.05, 3.63) is 36.5 Å². The van der Waals surface area contributed by atoms with Crippen LogP contribution in [0, 0.1) is 5.41 Å². The minimum absolute atomic E-state index is 0.0577. The van der Waals surface area contributed by atoms with Crippen molar-refractivity contribution in [3.8, 4) is 5.75 Å². The van der Waals surface area contributed by atoms with Gasteiger partial charge < -0.3 is 15.2 Å². The van der Waals surface area contributed by atoms with E-state index in [4.69, 9.17) is 15.2 Å². The van der Waals surface area contributed by atoms with Crippen LogP contribution in [0.2, 0.25) is 0 Å². The molecule has 4 heteroatoms. The van der Waals surface area contributed by atoms with Gasteiger partial charge in [-0.05, 0) is 37.1 Å². The largest absolute Gasteiger partial charge is 0.493 e. The molecule has 4 nitrogen and oxygen atoms in total. The van der Waals surface area contributed by atoms with E-state index in [0.29, 0.717) is 13.2 Å². The average molecular weight is 272 g/mol. The number of aromatic nitrogens is 1. The molecule has 1 aromatic carbocycles. The molecule has 0 atom stereocenters. The van der Waals surface area contributed by atoms with Gasteiger partial charge in [-0.3, -0.25) is 4.98 Å². The smallest absolute Gasteiger partial charge is 0.120 e. The van der Waals surface area contributed by atoms with Gasteiger partial charge in [0, 0.05) is 36.8 Å². The summed E-state index contributed by atoms with van der Waals surface area (Å²) in [6.07, 6.45) is 3.74. The predicted molar refractivity (Wildman–Crippen MR) is 78.8 cm³/mol. The molecule has 1 aliphatic rings. The Bertz CT molecular complexity index is 579. The third-order valence-electron chi connectivity index (χ3n) is 4.11. The van der Waals surface area contributed by atoms with Gasteiger partial charge in [0.05, 0.1) is 12.1 Å². The number of benzene rings is 1. The fraction of sp³-hybridized carbons (Fsp3) is 0.438. The van der Waals surface area contributed by atoms with E-state index in [1.54, 1.807) is 6.20 Å². The van der Waals surface area contributed by atoms with Crippen molar-refractivity contribution in [2.75, 3.05) is 26.4 Å². The summed E-state index contributed by atoms with van der Waals surface area (Å²) in [5, 5.41) is 1.10. The summed E-state index contributed by atoms with van der Waals surface area (Å²) in [6.45, 7) is 2.86. The molecule has 0 spiro atoms. The van der Waals surface area contributed by atoms with Gasteiger partial charge in [-0.15, -0.1) is 0 Å². The maximum absolute atomic E-state index is 5.98. The van der Waals surface area contributed by atoms with Gasteiger partial charge in [0.15, 0.2) is 0 Å². The zero-order valence-electron chi connectivity index (χ0n) is 11.5. The average Bonchev–Trinajstić information content (AvgIpc) is 2.54. The van der Waals surface area contributed by atoms with E-state index < -0.39 is 0 Å². The molecule has 106 valence electrons. The lowest BCUT2D eigenvalue weighted by Crippen LogP contribution is -2.41. The third-order valence-corrected chi connectivity index (χ3v) is 4.11. The lowest BCUT2D eigenvalue weighted by atomic mass is 9.81. The predicted octanol–water partition coefficient (Wildman–Crippen LogP) is 2.37. The van der Waals surface area contributed by atoms with Gasteiger partial charge >= 0.3 is 0 Å². The maximum atomic E-state index is 5.98. The Hall–Kier alpha value is -1.65. The summed E-state index contributed by atoms with van der Waals surface area (Å²) in [5.41, 5.74) is 6.99. The molecule has 0 aliphatic carbocycles. The van der Waals surface area contributed by atoms with Crippen LogP contribution in [-0.2, 0) is 4.74 Å². The maximum Gasteiger partial charge on any atom is 0.120 e. The number of hydrogen-bond donors (Lipinski definition) is 1. The zero-order chi connectivity index (χ0) is 13.8. The molecule has 0 radical (unpaired) electrons. The third kappa shape index (κ3) is 2.76. The zero-order valence-corrected chi connectivity index (χ0v) is 11.5. The monoisotopic (exact) mass is 272 g/mol. The summed E-state index contributed by atoms with van der Waals surface area (Å²) in [7, 11) is 0. The van der Waals surface area contributed by atoms with Crippen LogP contribution < -0.4 is 10.5 Å². The summed E-state index contributed by atoms with van der Waals surface area (Å²) in [4.78, 5) is 4.31. The number of pyridine rings is 1. The van der Waals surface area contributed by atoms with Crippen molar-refractivity contribution in [1.29, 1.82) is 0 Å². The molecule has 0 bridgehead atoms. The molecule has 0 amide bonds. The van der Waals surface area contributed by atoms with Gasteiger partial charge in [0.1, 0.15) is 5.75 Å². The van der Waals surface area contributed by atoms with Gasteiger partial charge in [-0.2, -0.15) is 0 Å². The van der Waals surface area contributed by atoms with E-state index in [1.807, 2.05) is 30.3 Å². The van der Waals surface area contributed by atoms with Crippen molar-refractivity contribution >= 4 is 10.9 Å². The van der Waals surface area contributed by atoms with Crippen LogP contribution >= 0.6 is 0 Å². The van der Waals surface area contributed by atoms with Gasteiger partial charge in [0.2, 0.25) is 0 Å². The number of hydrogen-bond acceptors (Lipinski definition) is 4. The van der Waals surface area contributed by atoms with Crippen LogP contribution in [-0.4, -0.2) is 31.3 Å². The fourth-order valence-corrected chi connectivity index (χ4v) is 2.59. The van der Waals surface area contributed by atoms with Gasteiger partial charge in [0.25, 0.3) is 0 Å². The highest BCUT2D eigenvalue weighted by molar-refractivity contribution is 5.79. The van der Waals surface area contributed by atoms with E-state index in [9.17, 15) is 0 Å². The summed E-state index contributed by atoms with van der Waals surface area (Å²) in [5.74, 6) is 0.879. The summed E-state index contributed by atoms with van der Waals surface area (Å²) in [6, 6.07) is 9.98. The number of nitrogens with zero attached hydrogens (tertiary/aromatic N) is 1. The van der Waals surface area contributed by atoms with Crippen LogP contribution in [0.3, 0.4) is 0 Å². The first-order valence-corrected chi connectivity index (χ1v) is 7.07. The molecule has 0 saturated carbocycles. The standard InChI is InChI=1S/C16H20N2O2/c17-11-16(5-8-19-9-6-16)12-20-14-3-4-15-13(10-14)2-1-7-18-15/h1-4,7,10H,5-6,8-9,11-12,17H2. The Kier molecular flexibility index (Phi) is 3.85. The van der Waals surface area contributed by atoms with Crippen LogP contribution in [0.25, 0.3) is 10.9 Å². The summed E-state index contributed by atoms with van der Waals surface area (Å²) >= 11 is 0. The molecule has 1 aliphatic heterocycles. The van der Waals surface area contributed by atoms with Crippen LogP contribution in [0.1, 0.15) is 12.8 Å². The molecule has 1 saturated heterocycles. The molecule has 0 unspecified atom stereocenters. The Morgan fingerprint density at radius 1 is 1.25 bits per heavy atom. The van der Waals surface area contributed by atoms with Crippen molar-refractivity contribution in [2.24, 2.45) is 11.1 Å². The molecular weight excluding hydrogens is 252 g/mol. The molecule has 2 aromatic rings. The fourth-order valence-electron chi connectivity index (χ4n) is 2.59. The SMILES string of the molecule is NCC1(COc2ccc3ncccc3c2)CCOCC1. The van der Waals surface area contributed by atoms with Crippen molar-refractivity contribution in [3.63, 3.8) is 0 Å². The molecule has 2 N–H and O–H groups in total. The Morgan fingerprint density at radius 2 is 2.10 bits per heavy atom. The first-order chi connectivity index (χ1) is 9.81. The number of fused-ring (bicyclic) bond motifs is 1. The molecule has 3 rings (SSSR count). The van der Waals surface area contributed by atoms with Crippen LogP contribution in [0.5, 0.6) is 5.75 Å². The Balaban J connectivity index is 1.72. The van der Waals surface area contributed by atoms with E-state index in [0.717, 1.165) is 42.7 Å². The molecule has 1 fully saturated rings. The first-order valence-electron chi connectivity index (χ1n) is 7.07. The Labute approximate surface area is 118 Å². The summed E-state index contributed by atoms with van der Waals surface area (Å²) < 4.78 is 11.4. The first kappa shape index (κ1) is 13.3. The van der Waals surface area contributed by atoms with Crippen LogP contribution in [0.15, 0.2) is 36.5 Å². The van der Waals surface area contributed by atoms with Crippen molar-refractivity contribution < 1.29 is 9.47 Å². The van der Waals surface area contributed by atoms with E-state index in [1.165, 1.54) is 0 Å². The number of ether oxygens (including phenoxy) is 2. The van der Waals surface area contributed by atoms with E-state index >= 15 is 0 Å². The molecule has 20 heavy (non-hydrogen) atoms. The minimum atomic E-state index is 0.0577. The molecular formula is C16H20N2O2. The highest BCUT2D eigenvalue weighted by Gasteiger charge is 2.32. The van der Waals surface area contributed by atoms with E-state index in [-0.39, 0.29) is 5.41 Å². The lowest BCUT2D eigenvalue weighted by Gasteiger charge is -2.35. The topological polar surface area (TPSA) is 57.4 Å². The second kappa shape index (κ2) is 5.77. The van der Waals surface area contributed by atoms with E-state index in [2.05, 4.69) is 4.98 Å². The van der Waals surface area contributed by atoms with Gasteiger partial charge in [-0.1, -0.05) is 6.07 Å². The minimum Gasteiger partial charge on any atom is -0.493 e. The second-order valence-electron chi connectivity index (χ2n) is 5.46. The van der Waals surface area contributed by atoms with Crippen molar-refractivity contribution in [2.45, 2.75) is 12.8 Å². The highest BCUT2D eigenvalue weighted by atomic mass is 16.5. The molecule has 2 heterocycles. The second-order valence-corrected chi connectivity index (χ2v) is 5.46. The molecule has 1 aromatic heterocycles. The van der Waals surface area contributed by atoms with Crippen LogP contribution in [0.4, 0.5) is 0 Å². The highest BCUT2D eigenvalue weighted by Crippen LogP contribution is 2.30. The normalized spacial score (nSPS) is 18.1. The number of rotatable bonds is 4.